The molecule has 0 saturated heterocycles. The molecule has 0 unspecified atom stereocenters. The first-order chi connectivity index (χ1) is 9.95. The van der Waals surface area contributed by atoms with Crippen LogP contribution in [0.3, 0.4) is 0 Å². The summed E-state index contributed by atoms with van der Waals surface area (Å²) in [6.45, 7) is 1.99. The number of nitrogens with zero attached hydrogens (tertiary/aromatic N) is 2. The second kappa shape index (κ2) is 6.56. The van der Waals surface area contributed by atoms with Gasteiger partial charge in [-0.25, -0.2) is 8.42 Å². The van der Waals surface area contributed by atoms with Crippen molar-refractivity contribution in [2.75, 3.05) is 6.54 Å². The lowest BCUT2D eigenvalue weighted by molar-refractivity contribution is -0.119. The van der Waals surface area contributed by atoms with Gasteiger partial charge in [-0.1, -0.05) is 0 Å². The predicted molar refractivity (Wildman–Crippen MR) is 79.0 cm³/mol. The van der Waals surface area contributed by atoms with E-state index < -0.39 is 10.0 Å². The molecule has 1 saturated carbocycles. The normalized spacial score (nSPS) is 14.9. The molecule has 0 radical (unpaired) electrons. The van der Waals surface area contributed by atoms with Gasteiger partial charge in [0.05, 0.1) is 12.6 Å². The van der Waals surface area contributed by atoms with E-state index in [2.05, 4.69) is 5.32 Å². The van der Waals surface area contributed by atoms with Gasteiger partial charge >= 0.3 is 0 Å². The lowest BCUT2D eigenvalue weighted by Gasteiger charge is -2.19. The van der Waals surface area contributed by atoms with E-state index in [1.165, 1.54) is 11.2 Å². The molecular weight excluding hydrogens is 310 g/mol. The van der Waals surface area contributed by atoms with Crippen LogP contribution in [0.15, 0.2) is 16.3 Å². The quantitative estimate of drug-likeness (QED) is 0.820. The van der Waals surface area contributed by atoms with Gasteiger partial charge in [-0.3, -0.25) is 4.79 Å². The number of nitriles is 1. The highest BCUT2D eigenvalue weighted by Crippen LogP contribution is 2.34. The van der Waals surface area contributed by atoms with Gasteiger partial charge in [0.2, 0.25) is 5.91 Å². The summed E-state index contributed by atoms with van der Waals surface area (Å²) < 4.78 is 26.9. The van der Waals surface area contributed by atoms with Gasteiger partial charge in [0, 0.05) is 30.8 Å². The second-order valence-corrected chi connectivity index (χ2v) is 8.17. The van der Waals surface area contributed by atoms with Crippen molar-refractivity contribution in [2.24, 2.45) is 0 Å². The van der Waals surface area contributed by atoms with E-state index in [0.29, 0.717) is 6.54 Å². The van der Waals surface area contributed by atoms with E-state index in [9.17, 15) is 13.2 Å². The van der Waals surface area contributed by atoms with Crippen molar-refractivity contribution in [1.29, 1.82) is 5.26 Å². The van der Waals surface area contributed by atoms with Crippen LogP contribution in [0.5, 0.6) is 0 Å². The monoisotopic (exact) mass is 327 g/mol. The molecule has 1 aliphatic rings. The summed E-state index contributed by atoms with van der Waals surface area (Å²) in [6, 6.07) is 5.30. The number of nitrogens with one attached hydrogen (secondary N) is 1. The fraction of sp³-hybridized carbons (Fsp3) is 0.538. The minimum Gasteiger partial charge on any atom is -0.351 e. The zero-order chi connectivity index (χ0) is 15.5. The number of sulfonamides is 1. The largest absolute Gasteiger partial charge is 0.351 e. The maximum atomic E-state index is 12.6. The highest BCUT2D eigenvalue weighted by molar-refractivity contribution is 7.91. The van der Waals surface area contributed by atoms with Crippen molar-refractivity contribution in [3.05, 3.63) is 17.0 Å². The van der Waals surface area contributed by atoms with Crippen LogP contribution in [0.2, 0.25) is 0 Å². The fourth-order valence-electron chi connectivity index (χ4n) is 1.94. The molecule has 1 aromatic heterocycles. The van der Waals surface area contributed by atoms with Crippen LogP contribution in [-0.2, 0) is 21.4 Å². The summed E-state index contributed by atoms with van der Waals surface area (Å²) >= 11 is 1.16. The van der Waals surface area contributed by atoms with Crippen molar-refractivity contribution >= 4 is 27.3 Å². The van der Waals surface area contributed by atoms with E-state index >= 15 is 0 Å². The first-order valence-corrected chi connectivity index (χ1v) is 8.92. The topological polar surface area (TPSA) is 90.3 Å². The van der Waals surface area contributed by atoms with E-state index in [1.54, 1.807) is 12.1 Å². The van der Waals surface area contributed by atoms with Crippen molar-refractivity contribution in [2.45, 2.75) is 43.0 Å². The van der Waals surface area contributed by atoms with Gasteiger partial charge in [-0.05, 0) is 25.0 Å². The summed E-state index contributed by atoms with van der Waals surface area (Å²) in [7, 11) is -3.54. The van der Waals surface area contributed by atoms with Crippen LogP contribution < -0.4 is 5.32 Å². The lowest BCUT2D eigenvalue weighted by atomic mass is 10.4. The van der Waals surface area contributed by atoms with Gasteiger partial charge in [0.25, 0.3) is 10.0 Å². The van der Waals surface area contributed by atoms with Gasteiger partial charge in [-0.15, -0.1) is 11.3 Å². The van der Waals surface area contributed by atoms with Crippen molar-refractivity contribution in [3.63, 3.8) is 0 Å². The average molecular weight is 327 g/mol. The van der Waals surface area contributed by atoms with Crippen LogP contribution in [-0.4, -0.2) is 31.2 Å². The number of carbonyl (C=O) groups excluding carboxylic acids is 1. The van der Waals surface area contributed by atoms with Crippen molar-refractivity contribution < 1.29 is 13.2 Å². The van der Waals surface area contributed by atoms with Crippen molar-refractivity contribution in [1.82, 2.24) is 9.62 Å². The summed E-state index contributed by atoms with van der Waals surface area (Å²) in [5.74, 6) is -0.151. The number of hydrogen-bond acceptors (Lipinski definition) is 5. The molecule has 0 aromatic carbocycles. The Morgan fingerprint density at radius 3 is 2.81 bits per heavy atom. The van der Waals surface area contributed by atoms with Crippen LogP contribution in [0.4, 0.5) is 0 Å². The minimum absolute atomic E-state index is 0.0317. The van der Waals surface area contributed by atoms with E-state index in [0.717, 1.165) is 29.1 Å². The third-order valence-corrected chi connectivity index (χ3v) is 6.61. The molecule has 0 aliphatic heterocycles. The molecule has 1 aromatic rings. The Bertz CT molecular complexity index is 656. The van der Waals surface area contributed by atoms with E-state index in [4.69, 9.17) is 5.26 Å². The Morgan fingerprint density at radius 1 is 1.52 bits per heavy atom. The van der Waals surface area contributed by atoms with Gasteiger partial charge in [0.1, 0.15) is 4.21 Å². The molecule has 6 nitrogen and oxygen atoms in total. The molecule has 2 rings (SSSR count). The maximum absolute atomic E-state index is 12.6. The molecule has 114 valence electrons. The Balaban J connectivity index is 2.14. The van der Waals surface area contributed by atoms with E-state index in [1.807, 2.05) is 6.07 Å². The Labute approximate surface area is 128 Å². The molecule has 1 heterocycles. The summed E-state index contributed by atoms with van der Waals surface area (Å²) in [6.07, 6.45) is 1.91. The first kappa shape index (κ1) is 15.9. The smallest absolute Gasteiger partial charge is 0.252 e. The number of amides is 1. The molecule has 1 aliphatic carbocycles. The van der Waals surface area contributed by atoms with Gasteiger partial charge in [-0.2, -0.15) is 9.57 Å². The number of thiophene rings is 1. The van der Waals surface area contributed by atoms with Gasteiger partial charge in [0.15, 0.2) is 0 Å². The number of hydrogen-bond donors (Lipinski definition) is 1. The predicted octanol–water partition coefficient (Wildman–Crippen LogP) is 1.45. The van der Waals surface area contributed by atoms with Crippen LogP contribution in [0.1, 0.15) is 31.1 Å². The molecule has 0 bridgehead atoms. The molecule has 1 amide bonds. The molecule has 1 N–H and O–H groups in total. The summed E-state index contributed by atoms with van der Waals surface area (Å²) in [4.78, 5) is 11.7. The maximum Gasteiger partial charge on any atom is 0.252 e. The number of carbonyl (C=O) groups is 1. The third kappa shape index (κ3) is 4.03. The molecular formula is C13H17N3O3S2. The fourth-order valence-corrected chi connectivity index (χ4v) is 5.05. The zero-order valence-electron chi connectivity index (χ0n) is 11.7. The highest BCUT2D eigenvalue weighted by atomic mass is 32.2. The summed E-state index contributed by atoms with van der Waals surface area (Å²) in [5, 5.41) is 11.3. The second-order valence-electron chi connectivity index (χ2n) is 4.89. The Morgan fingerprint density at radius 2 is 2.24 bits per heavy atom. The SMILES string of the molecule is CC(=O)NCc1ccc(S(=O)(=O)N(CCC#N)C2CC2)s1. The molecule has 8 heteroatoms. The van der Waals surface area contributed by atoms with E-state index in [-0.39, 0.29) is 29.1 Å². The molecule has 0 spiro atoms. The number of rotatable bonds is 7. The van der Waals surface area contributed by atoms with Gasteiger partial charge < -0.3 is 5.32 Å². The molecule has 21 heavy (non-hydrogen) atoms. The Kier molecular flexibility index (Phi) is 4.98. The Hall–Kier alpha value is -1.43. The van der Waals surface area contributed by atoms with Crippen LogP contribution in [0.25, 0.3) is 0 Å². The molecule has 0 atom stereocenters. The standard InChI is InChI=1S/C13H17N3O3S2/c1-10(17)15-9-12-5-6-13(20-12)21(18,19)16(8-2-7-14)11-3-4-11/h5-6,11H,2-4,8-9H2,1H3,(H,15,17). The lowest BCUT2D eigenvalue weighted by Crippen LogP contribution is -2.33. The highest BCUT2D eigenvalue weighted by Gasteiger charge is 2.38. The van der Waals surface area contributed by atoms with Crippen LogP contribution >= 0.6 is 11.3 Å². The zero-order valence-corrected chi connectivity index (χ0v) is 13.3. The minimum atomic E-state index is -3.54. The third-order valence-electron chi connectivity index (χ3n) is 3.11. The average Bonchev–Trinajstić information content (AvgIpc) is 3.13. The van der Waals surface area contributed by atoms with Crippen LogP contribution in [0, 0.1) is 11.3 Å². The van der Waals surface area contributed by atoms with Crippen molar-refractivity contribution in [3.8, 4) is 6.07 Å². The summed E-state index contributed by atoms with van der Waals surface area (Å²) in [5.41, 5.74) is 0. The molecule has 1 fully saturated rings. The first-order valence-electron chi connectivity index (χ1n) is 6.67.